The number of amides is 3. The smallest absolute Gasteiger partial charge is 0.319 e. The second-order valence-electron chi connectivity index (χ2n) is 6.06. The number of aromatic nitrogens is 2. The van der Waals surface area contributed by atoms with Crippen molar-refractivity contribution in [3.05, 3.63) is 52.5 Å². The van der Waals surface area contributed by atoms with Crippen molar-refractivity contribution in [1.29, 1.82) is 0 Å². The van der Waals surface area contributed by atoms with E-state index < -0.39 is 11.9 Å². The van der Waals surface area contributed by atoms with Gasteiger partial charge in [0, 0.05) is 23.5 Å². The topological polar surface area (TPSA) is 124 Å². The van der Waals surface area contributed by atoms with Crippen molar-refractivity contribution >= 4 is 34.6 Å². The summed E-state index contributed by atoms with van der Waals surface area (Å²) in [7, 11) is 1.55. The van der Waals surface area contributed by atoms with Crippen molar-refractivity contribution in [2.75, 3.05) is 24.5 Å². The first-order valence-corrected chi connectivity index (χ1v) is 9.64. The van der Waals surface area contributed by atoms with Crippen LogP contribution in [0, 0.1) is 0 Å². The zero-order valence-corrected chi connectivity index (χ0v) is 16.6. The molecule has 3 amide bonds. The Morgan fingerprint density at radius 2 is 1.90 bits per heavy atom. The van der Waals surface area contributed by atoms with Crippen LogP contribution in [0.1, 0.15) is 14.8 Å². The summed E-state index contributed by atoms with van der Waals surface area (Å²) in [5, 5.41) is 16.6. The van der Waals surface area contributed by atoms with Crippen LogP contribution in [0.3, 0.4) is 0 Å². The SMILES string of the molecule is COc1cccc(NC(=O)NCc2nnc(C(=O)Nc3ccc4c(c3)OCO4)s2)c1. The summed E-state index contributed by atoms with van der Waals surface area (Å²) in [6.07, 6.45) is 0. The van der Waals surface area contributed by atoms with Crippen LogP contribution in [0.2, 0.25) is 0 Å². The molecule has 154 valence electrons. The van der Waals surface area contributed by atoms with Crippen LogP contribution in [0.4, 0.5) is 16.2 Å². The molecule has 11 heteroatoms. The highest BCUT2D eigenvalue weighted by Crippen LogP contribution is 2.34. The number of anilines is 2. The highest BCUT2D eigenvalue weighted by Gasteiger charge is 2.17. The molecule has 0 fully saturated rings. The van der Waals surface area contributed by atoms with Crippen LogP contribution in [0.5, 0.6) is 17.2 Å². The van der Waals surface area contributed by atoms with E-state index in [1.165, 1.54) is 0 Å². The van der Waals surface area contributed by atoms with Gasteiger partial charge < -0.3 is 30.2 Å². The first-order valence-electron chi connectivity index (χ1n) is 8.83. The van der Waals surface area contributed by atoms with E-state index >= 15 is 0 Å². The highest BCUT2D eigenvalue weighted by molar-refractivity contribution is 7.13. The Kier molecular flexibility index (Phi) is 5.61. The lowest BCUT2D eigenvalue weighted by Gasteiger charge is -2.07. The zero-order chi connectivity index (χ0) is 20.9. The van der Waals surface area contributed by atoms with Gasteiger partial charge in [0.1, 0.15) is 10.8 Å². The minimum Gasteiger partial charge on any atom is -0.497 e. The molecule has 2 aromatic carbocycles. The molecule has 1 aromatic heterocycles. The molecule has 0 spiro atoms. The highest BCUT2D eigenvalue weighted by atomic mass is 32.1. The van der Waals surface area contributed by atoms with Crippen molar-refractivity contribution in [3.8, 4) is 17.2 Å². The number of rotatable bonds is 6. The first-order chi connectivity index (χ1) is 14.6. The Labute approximate surface area is 175 Å². The van der Waals surface area contributed by atoms with E-state index in [0.717, 1.165) is 11.3 Å². The number of methoxy groups -OCH3 is 1. The molecule has 1 aliphatic rings. The maximum absolute atomic E-state index is 12.4. The van der Waals surface area contributed by atoms with Crippen LogP contribution in [0.25, 0.3) is 0 Å². The summed E-state index contributed by atoms with van der Waals surface area (Å²) in [5.41, 5.74) is 1.14. The van der Waals surface area contributed by atoms with Crippen LogP contribution in [-0.2, 0) is 6.54 Å². The van der Waals surface area contributed by atoms with Crippen LogP contribution in [0.15, 0.2) is 42.5 Å². The summed E-state index contributed by atoms with van der Waals surface area (Å²) in [4.78, 5) is 24.4. The van der Waals surface area contributed by atoms with Gasteiger partial charge in [0.25, 0.3) is 5.91 Å². The number of benzene rings is 2. The third kappa shape index (κ3) is 4.58. The van der Waals surface area contributed by atoms with Gasteiger partial charge in [0.05, 0.1) is 13.7 Å². The summed E-state index contributed by atoms with van der Waals surface area (Å²) >= 11 is 1.09. The molecule has 0 unspecified atom stereocenters. The fourth-order valence-electron chi connectivity index (χ4n) is 2.61. The van der Waals surface area contributed by atoms with Gasteiger partial charge >= 0.3 is 6.03 Å². The van der Waals surface area contributed by atoms with Gasteiger partial charge in [-0.05, 0) is 24.3 Å². The van der Waals surface area contributed by atoms with E-state index in [-0.39, 0.29) is 18.3 Å². The van der Waals surface area contributed by atoms with E-state index in [2.05, 4.69) is 26.1 Å². The molecular weight excluding hydrogens is 410 g/mol. The molecule has 0 saturated heterocycles. The van der Waals surface area contributed by atoms with E-state index in [1.54, 1.807) is 49.6 Å². The van der Waals surface area contributed by atoms with Gasteiger partial charge in [0.2, 0.25) is 11.8 Å². The quantitative estimate of drug-likeness (QED) is 0.553. The second kappa shape index (κ2) is 8.66. The molecule has 0 saturated carbocycles. The lowest BCUT2D eigenvalue weighted by atomic mass is 10.3. The van der Waals surface area contributed by atoms with Gasteiger partial charge in [-0.2, -0.15) is 0 Å². The molecule has 4 rings (SSSR count). The molecule has 3 N–H and O–H groups in total. The molecule has 3 aromatic rings. The molecule has 30 heavy (non-hydrogen) atoms. The third-order valence-electron chi connectivity index (χ3n) is 4.02. The molecule has 0 atom stereocenters. The van der Waals surface area contributed by atoms with Crippen LogP contribution < -0.4 is 30.2 Å². The van der Waals surface area contributed by atoms with Crippen molar-refractivity contribution in [2.24, 2.45) is 0 Å². The maximum Gasteiger partial charge on any atom is 0.319 e. The van der Waals surface area contributed by atoms with Crippen LogP contribution >= 0.6 is 11.3 Å². The van der Waals surface area contributed by atoms with Gasteiger partial charge in [-0.15, -0.1) is 10.2 Å². The predicted octanol–water partition coefficient (Wildman–Crippen LogP) is 2.85. The normalized spacial score (nSPS) is 11.6. The van der Waals surface area contributed by atoms with Crippen molar-refractivity contribution in [2.45, 2.75) is 6.54 Å². The molecule has 0 bridgehead atoms. The van der Waals surface area contributed by atoms with Gasteiger partial charge in [-0.1, -0.05) is 17.4 Å². The van der Waals surface area contributed by atoms with Gasteiger partial charge in [-0.25, -0.2) is 4.79 Å². The number of nitrogens with one attached hydrogen (secondary N) is 3. The Hall–Kier alpha value is -3.86. The van der Waals surface area contributed by atoms with Gasteiger partial charge in [-0.3, -0.25) is 4.79 Å². The Balaban J connectivity index is 1.30. The number of urea groups is 1. The molecular formula is C19H17N5O5S. The summed E-state index contributed by atoms with van der Waals surface area (Å²) in [6, 6.07) is 11.7. The minimum atomic E-state index is -0.412. The molecule has 0 radical (unpaired) electrons. The number of hydrogen-bond donors (Lipinski definition) is 3. The Morgan fingerprint density at radius 3 is 2.77 bits per heavy atom. The molecule has 2 heterocycles. The first kappa shape index (κ1) is 19.5. The van der Waals surface area contributed by atoms with Crippen molar-refractivity contribution < 1.29 is 23.8 Å². The number of nitrogens with zero attached hydrogens (tertiary/aromatic N) is 2. The Bertz CT molecular complexity index is 1090. The molecule has 10 nitrogen and oxygen atoms in total. The number of fused-ring (bicyclic) bond motifs is 1. The van der Waals surface area contributed by atoms with Crippen molar-refractivity contribution in [1.82, 2.24) is 15.5 Å². The number of carbonyl (C=O) groups excluding carboxylic acids is 2. The lowest BCUT2D eigenvalue weighted by molar-refractivity contribution is 0.102. The average molecular weight is 427 g/mol. The fourth-order valence-corrected chi connectivity index (χ4v) is 3.28. The standard InChI is InChI=1S/C19H17N5O5S/c1-27-13-4-2-3-11(7-13)22-19(26)20-9-16-23-24-18(30-16)17(25)21-12-5-6-14-15(8-12)29-10-28-14/h2-8H,9-10H2,1H3,(H,21,25)(H2,20,22,26). The van der Waals surface area contributed by atoms with E-state index in [9.17, 15) is 9.59 Å². The summed E-state index contributed by atoms with van der Waals surface area (Å²) in [6.45, 7) is 0.287. The van der Waals surface area contributed by atoms with Crippen LogP contribution in [-0.4, -0.2) is 36.0 Å². The Morgan fingerprint density at radius 1 is 1.07 bits per heavy atom. The summed E-state index contributed by atoms with van der Waals surface area (Å²) in [5.74, 6) is 1.43. The number of carbonyl (C=O) groups is 2. The zero-order valence-electron chi connectivity index (χ0n) is 15.8. The number of ether oxygens (including phenoxy) is 3. The maximum atomic E-state index is 12.4. The van der Waals surface area contributed by atoms with E-state index in [4.69, 9.17) is 14.2 Å². The second-order valence-corrected chi connectivity index (χ2v) is 7.12. The number of hydrogen-bond acceptors (Lipinski definition) is 8. The lowest BCUT2D eigenvalue weighted by Crippen LogP contribution is -2.28. The van der Waals surface area contributed by atoms with E-state index in [0.29, 0.717) is 33.6 Å². The van der Waals surface area contributed by atoms with Gasteiger partial charge in [0.15, 0.2) is 11.5 Å². The predicted molar refractivity (Wildman–Crippen MR) is 109 cm³/mol. The van der Waals surface area contributed by atoms with E-state index in [1.807, 2.05) is 0 Å². The molecule has 0 aliphatic carbocycles. The molecule has 1 aliphatic heterocycles. The van der Waals surface area contributed by atoms with Crippen molar-refractivity contribution in [3.63, 3.8) is 0 Å². The largest absolute Gasteiger partial charge is 0.497 e. The minimum absolute atomic E-state index is 0.130. The summed E-state index contributed by atoms with van der Waals surface area (Å²) < 4.78 is 15.6. The average Bonchev–Trinajstić information content (AvgIpc) is 3.41. The third-order valence-corrected chi connectivity index (χ3v) is 4.94. The monoisotopic (exact) mass is 427 g/mol. The fraction of sp³-hybridized carbons (Fsp3) is 0.158.